The molecule has 1 saturated carbocycles. The van der Waals surface area contributed by atoms with Crippen LogP contribution in [0.15, 0.2) is 66.9 Å². The highest BCUT2D eigenvalue weighted by molar-refractivity contribution is 6.05. The molecule has 8 nitrogen and oxygen atoms in total. The molecule has 1 fully saturated rings. The van der Waals surface area contributed by atoms with Crippen LogP contribution in [-0.2, 0) is 0 Å². The van der Waals surface area contributed by atoms with E-state index in [-0.39, 0.29) is 17.5 Å². The second-order valence-electron chi connectivity index (χ2n) is 9.31. The van der Waals surface area contributed by atoms with Crippen molar-refractivity contribution in [1.82, 2.24) is 19.7 Å². The monoisotopic (exact) mass is 479 g/mol. The molecule has 1 aliphatic rings. The number of hydrogen-bond donors (Lipinski definition) is 3. The van der Waals surface area contributed by atoms with E-state index in [9.17, 15) is 14.7 Å². The number of aromatic nitrogens is 4. The van der Waals surface area contributed by atoms with Crippen LogP contribution in [0.5, 0.6) is 0 Å². The summed E-state index contributed by atoms with van der Waals surface area (Å²) in [6.45, 7) is 0. The van der Waals surface area contributed by atoms with E-state index in [1.807, 2.05) is 42.5 Å². The molecule has 0 atom stereocenters. The standard InChI is InChI=1S/C28H25N5O3/c34-27(30-21-10-11-23-20(14-21)16-29-32-23)18-6-4-5-17(13-18)26-31-24-15-19(28(35)36)9-12-25(24)33(26)22-7-2-1-3-8-22/h4-6,9-16,22H,1-3,7-8H2,(H,29,32)(H,30,34)(H,35,36). The summed E-state index contributed by atoms with van der Waals surface area (Å²) in [5.41, 5.74) is 4.73. The lowest BCUT2D eigenvalue weighted by molar-refractivity contribution is 0.0696. The zero-order valence-electron chi connectivity index (χ0n) is 19.6. The predicted octanol–water partition coefficient (Wildman–Crippen LogP) is 6.04. The summed E-state index contributed by atoms with van der Waals surface area (Å²) in [5, 5.41) is 20.3. The summed E-state index contributed by atoms with van der Waals surface area (Å²) in [5.74, 6) is -0.431. The molecule has 36 heavy (non-hydrogen) atoms. The van der Waals surface area contributed by atoms with Crippen molar-refractivity contribution in [2.75, 3.05) is 5.32 Å². The zero-order chi connectivity index (χ0) is 24.6. The first-order chi connectivity index (χ1) is 17.6. The number of aromatic carboxylic acids is 1. The van der Waals surface area contributed by atoms with Gasteiger partial charge in [0.1, 0.15) is 5.82 Å². The van der Waals surface area contributed by atoms with E-state index in [1.54, 1.807) is 24.4 Å². The number of fused-ring (bicyclic) bond motifs is 2. The van der Waals surface area contributed by atoms with E-state index in [4.69, 9.17) is 4.98 Å². The smallest absolute Gasteiger partial charge is 0.335 e. The van der Waals surface area contributed by atoms with Gasteiger partial charge in [-0.3, -0.25) is 9.89 Å². The van der Waals surface area contributed by atoms with Crippen LogP contribution >= 0.6 is 0 Å². The molecule has 2 heterocycles. The van der Waals surface area contributed by atoms with E-state index < -0.39 is 5.97 Å². The Hall–Kier alpha value is -4.46. The Morgan fingerprint density at radius 1 is 0.972 bits per heavy atom. The molecule has 1 amide bonds. The zero-order valence-corrected chi connectivity index (χ0v) is 19.6. The molecule has 8 heteroatoms. The number of carbonyl (C=O) groups excluding carboxylic acids is 1. The van der Waals surface area contributed by atoms with Gasteiger partial charge in [-0.1, -0.05) is 31.4 Å². The number of nitrogens with one attached hydrogen (secondary N) is 2. The van der Waals surface area contributed by atoms with Gasteiger partial charge >= 0.3 is 5.97 Å². The quantitative estimate of drug-likeness (QED) is 0.285. The number of amides is 1. The molecule has 180 valence electrons. The average Bonchev–Trinajstić information content (AvgIpc) is 3.53. The lowest BCUT2D eigenvalue weighted by Gasteiger charge is -2.25. The van der Waals surface area contributed by atoms with Crippen LogP contribution in [0.4, 0.5) is 5.69 Å². The Kier molecular flexibility index (Phi) is 5.48. The van der Waals surface area contributed by atoms with Crippen LogP contribution in [0.25, 0.3) is 33.3 Å². The van der Waals surface area contributed by atoms with Gasteiger partial charge in [-0.25, -0.2) is 9.78 Å². The second-order valence-corrected chi connectivity index (χ2v) is 9.31. The Morgan fingerprint density at radius 3 is 2.67 bits per heavy atom. The molecular formula is C28H25N5O3. The molecule has 3 aromatic carbocycles. The molecule has 0 unspecified atom stereocenters. The van der Waals surface area contributed by atoms with Crippen LogP contribution in [-0.4, -0.2) is 36.7 Å². The number of carbonyl (C=O) groups is 2. The minimum absolute atomic E-state index is 0.213. The van der Waals surface area contributed by atoms with Crippen molar-refractivity contribution in [3.05, 3.63) is 78.0 Å². The Morgan fingerprint density at radius 2 is 1.83 bits per heavy atom. The van der Waals surface area contributed by atoms with Gasteiger partial charge in [-0.15, -0.1) is 0 Å². The molecule has 3 N–H and O–H groups in total. The maximum Gasteiger partial charge on any atom is 0.335 e. The number of carboxylic acid groups (broad SMARTS) is 1. The van der Waals surface area contributed by atoms with Gasteiger partial charge in [-0.05, 0) is 61.4 Å². The minimum atomic E-state index is -0.974. The maximum atomic E-state index is 13.1. The predicted molar refractivity (Wildman–Crippen MR) is 138 cm³/mol. The lowest BCUT2D eigenvalue weighted by Crippen LogP contribution is -2.14. The van der Waals surface area contributed by atoms with E-state index in [0.717, 1.165) is 53.5 Å². The number of aromatic amines is 1. The molecule has 2 aromatic heterocycles. The molecule has 0 saturated heterocycles. The van der Waals surface area contributed by atoms with Crippen molar-refractivity contribution in [3.8, 4) is 11.4 Å². The highest BCUT2D eigenvalue weighted by atomic mass is 16.4. The molecular weight excluding hydrogens is 454 g/mol. The summed E-state index contributed by atoms with van der Waals surface area (Å²) >= 11 is 0. The third-order valence-electron chi connectivity index (χ3n) is 6.96. The van der Waals surface area contributed by atoms with Crippen LogP contribution in [0.2, 0.25) is 0 Å². The highest BCUT2D eigenvalue weighted by Crippen LogP contribution is 2.36. The minimum Gasteiger partial charge on any atom is -0.478 e. The molecule has 6 rings (SSSR count). The molecule has 1 aliphatic carbocycles. The molecule has 0 spiro atoms. The fraction of sp³-hybridized carbons (Fsp3) is 0.214. The highest BCUT2D eigenvalue weighted by Gasteiger charge is 2.23. The SMILES string of the molecule is O=C(O)c1ccc2c(c1)nc(-c1cccc(C(=O)Nc3ccc4[nH]ncc4c3)c1)n2C1CCCCC1. The van der Waals surface area contributed by atoms with E-state index in [2.05, 4.69) is 20.1 Å². The third kappa shape index (κ3) is 4.00. The number of imidazole rings is 1. The van der Waals surface area contributed by atoms with Gasteiger partial charge in [0.15, 0.2) is 0 Å². The van der Waals surface area contributed by atoms with Crippen LogP contribution in [0, 0.1) is 0 Å². The largest absolute Gasteiger partial charge is 0.478 e. The van der Waals surface area contributed by atoms with Gasteiger partial charge in [0, 0.05) is 28.2 Å². The normalized spacial score (nSPS) is 14.3. The fourth-order valence-corrected chi connectivity index (χ4v) is 5.17. The van der Waals surface area contributed by atoms with Crippen molar-refractivity contribution in [2.24, 2.45) is 0 Å². The lowest BCUT2D eigenvalue weighted by atomic mass is 9.94. The first-order valence-corrected chi connectivity index (χ1v) is 12.2. The topological polar surface area (TPSA) is 113 Å². The number of benzene rings is 3. The first-order valence-electron chi connectivity index (χ1n) is 12.2. The molecule has 0 bridgehead atoms. The average molecular weight is 480 g/mol. The fourth-order valence-electron chi connectivity index (χ4n) is 5.17. The van der Waals surface area contributed by atoms with Crippen molar-refractivity contribution < 1.29 is 14.7 Å². The van der Waals surface area contributed by atoms with Crippen LogP contribution < -0.4 is 5.32 Å². The van der Waals surface area contributed by atoms with E-state index in [1.165, 1.54) is 6.42 Å². The number of rotatable bonds is 5. The summed E-state index contributed by atoms with van der Waals surface area (Å²) in [6.07, 6.45) is 7.35. The van der Waals surface area contributed by atoms with E-state index in [0.29, 0.717) is 16.8 Å². The summed E-state index contributed by atoms with van der Waals surface area (Å²) in [7, 11) is 0. The maximum absolute atomic E-state index is 13.1. The van der Waals surface area contributed by atoms with Crippen LogP contribution in [0.1, 0.15) is 58.9 Å². The molecule has 0 radical (unpaired) electrons. The Bertz CT molecular complexity index is 1610. The Balaban J connectivity index is 1.38. The third-order valence-corrected chi connectivity index (χ3v) is 6.96. The van der Waals surface area contributed by atoms with Gasteiger partial charge in [-0.2, -0.15) is 5.10 Å². The Labute approximate surface area is 207 Å². The van der Waals surface area contributed by atoms with Gasteiger partial charge in [0.25, 0.3) is 5.91 Å². The van der Waals surface area contributed by atoms with Crippen molar-refractivity contribution in [3.63, 3.8) is 0 Å². The van der Waals surface area contributed by atoms with Crippen LogP contribution in [0.3, 0.4) is 0 Å². The first kappa shape index (κ1) is 22.0. The van der Waals surface area contributed by atoms with Crippen molar-refractivity contribution in [1.29, 1.82) is 0 Å². The number of hydrogen-bond acceptors (Lipinski definition) is 4. The summed E-state index contributed by atoms with van der Waals surface area (Å²) in [4.78, 5) is 29.5. The van der Waals surface area contributed by atoms with Crippen molar-refractivity contribution in [2.45, 2.75) is 38.1 Å². The van der Waals surface area contributed by atoms with Gasteiger partial charge < -0.3 is 15.0 Å². The van der Waals surface area contributed by atoms with Gasteiger partial charge in [0.05, 0.1) is 28.3 Å². The number of anilines is 1. The van der Waals surface area contributed by atoms with Crippen molar-refractivity contribution >= 4 is 39.5 Å². The second kappa shape index (κ2) is 8.96. The van der Waals surface area contributed by atoms with E-state index >= 15 is 0 Å². The summed E-state index contributed by atoms with van der Waals surface area (Å²) in [6, 6.07) is 18.4. The molecule has 0 aliphatic heterocycles. The van der Waals surface area contributed by atoms with Gasteiger partial charge in [0.2, 0.25) is 0 Å². The molecule has 5 aromatic rings. The number of nitrogens with zero attached hydrogens (tertiary/aromatic N) is 3. The number of H-pyrrole nitrogens is 1. The number of carboxylic acids is 1. The summed E-state index contributed by atoms with van der Waals surface area (Å²) < 4.78 is 2.24.